The highest BCUT2D eigenvalue weighted by molar-refractivity contribution is 6.76. The molecule has 58 heavy (non-hydrogen) atoms. The molecule has 1 N–H and O–H groups in total. The molecular weight excluding hydrogens is 749 g/mol. The summed E-state index contributed by atoms with van der Waals surface area (Å²) in [5, 5.41) is 0. The fourth-order valence-electron chi connectivity index (χ4n) is 7.50. The number of benzene rings is 2. The van der Waals surface area contributed by atoms with E-state index >= 15 is 0 Å². The van der Waals surface area contributed by atoms with E-state index in [1.165, 1.54) is 0 Å². The summed E-state index contributed by atoms with van der Waals surface area (Å²) in [5.41, 5.74) is 5.84. The van der Waals surface area contributed by atoms with Gasteiger partial charge in [-0.3, -0.25) is 14.8 Å². The Balaban J connectivity index is 1.10. The molecule has 2 atom stereocenters. The highest BCUT2D eigenvalue weighted by atomic mass is 28.3. The van der Waals surface area contributed by atoms with Crippen molar-refractivity contribution in [3.8, 4) is 33.8 Å². The van der Waals surface area contributed by atoms with Gasteiger partial charge in [0, 0.05) is 27.8 Å². The Morgan fingerprint density at radius 3 is 2.03 bits per heavy atom. The van der Waals surface area contributed by atoms with Gasteiger partial charge in [-0.2, -0.15) is 0 Å². The summed E-state index contributed by atoms with van der Waals surface area (Å²) in [7, 11) is -1.30. The molecular formula is C44H58N8O5Si. The topological polar surface area (TPSA) is 141 Å². The highest BCUT2D eigenvalue weighted by Gasteiger charge is 2.37. The number of carbonyl (C=O) groups is 2. The molecule has 0 spiro atoms. The second-order valence-electron chi connectivity index (χ2n) is 18.7. The lowest BCUT2D eigenvalue weighted by Gasteiger charge is -2.29. The van der Waals surface area contributed by atoms with Gasteiger partial charge in [-0.15, -0.1) is 0 Å². The first-order chi connectivity index (χ1) is 27.4. The number of rotatable bonds is 10. The summed E-state index contributed by atoms with van der Waals surface area (Å²) in [6.07, 6.45) is 8.20. The molecule has 2 aromatic carbocycles. The Morgan fingerprint density at radius 1 is 0.759 bits per heavy atom. The second-order valence-corrected chi connectivity index (χ2v) is 24.3. The monoisotopic (exact) mass is 806 g/mol. The number of carbonyl (C=O) groups excluding carboxylic acids is 2. The summed E-state index contributed by atoms with van der Waals surface area (Å²) in [6, 6.07) is 15.1. The Bertz CT molecular complexity index is 2250. The van der Waals surface area contributed by atoms with Crippen LogP contribution in [-0.2, 0) is 20.9 Å². The minimum Gasteiger partial charge on any atom is -0.444 e. The van der Waals surface area contributed by atoms with E-state index in [1.54, 1.807) is 16.0 Å². The van der Waals surface area contributed by atoms with E-state index in [4.69, 9.17) is 29.2 Å². The lowest BCUT2D eigenvalue weighted by Crippen LogP contribution is -2.37. The van der Waals surface area contributed by atoms with Crippen molar-refractivity contribution in [2.45, 2.75) is 123 Å². The Morgan fingerprint density at radius 2 is 1.38 bits per heavy atom. The largest absolute Gasteiger partial charge is 0.444 e. The highest BCUT2D eigenvalue weighted by Crippen LogP contribution is 2.36. The van der Waals surface area contributed by atoms with Crippen LogP contribution in [0.3, 0.4) is 0 Å². The number of hydrogen-bond acceptors (Lipinski definition) is 9. The van der Waals surface area contributed by atoms with Gasteiger partial charge in [-0.1, -0.05) is 50.0 Å². The zero-order valence-electron chi connectivity index (χ0n) is 35.5. The third-order valence-electron chi connectivity index (χ3n) is 10.4. The predicted octanol–water partition coefficient (Wildman–Crippen LogP) is 10.0. The van der Waals surface area contributed by atoms with Crippen molar-refractivity contribution in [2.24, 2.45) is 0 Å². The van der Waals surface area contributed by atoms with Gasteiger partial charge in [0.25, 0.3) is 0 Å². The molecule has 0 radical (unpaired) electrons. The first kappa shape index (κ1) is 41.1. The number of nitrogens with zero attached hydrogens (tertiary/aromatic N) is 7. The maximum atomic E-state index is 13.3. The van der Waals surface area contributed by atoms with Crippen LogP contribution in [0.5, 0.6) is 0 Å². The molecule has 14 heteroatoms. The van der Waals surface area contributed by atoms with E-state index in [9.17, 15) is 9.59 Å². The van der Waals surface area contributed by atoms with Gasteiger partial charge in [-0.05, 0) is 102 Å². The van der Waals surface area contributed by atoms with Crippen LogP contribution in [0.4, 0.5) is 9.59 Å². The average Bonchev–Trinajstić information content (AvgIpc) is 3.98. The van der Waals surface area contributed by atoms with Gasteiger partial charge in [0.15, 0.2) is 0 Å². The smallest absolute Gasteiger partial charge is 0.410 e. The van der Waals surface area contributed by atoms with Gasteiger partial charge in [0.2, 0.25) is 0 Å². The maximum absolute atomic E-state index is 13.3. The number of fused-ring (bicyclic) bond motifs is 1. The number of amides is 2. The molecule has 308 valence electrons. The van der Waals surface area contributed by atoms with E-state index in [-0.39, 0.29) is 24.3 Å². The fourth-order valence-corrected chi connectivity index (χ4v) is 8.26. The molecule has 13 nitrogen and oxygen atoms in total. The molecule has 2 saturated heterocycles. The molecule has 2 fully saturated rings. The van der Waals surface area contributed by atoms with Gasteiger partial charge >= 0.3 is 12.2 Å². The van der Waals surface area contributed by atoms with Crippen molar-refractivity contribution < 1.29 is 23.8 Å². The van der Waals surface area contributed by atoms with Crippen molar-refractivity contribution in [2.75, 3.05) is 19.7 Å². The summed E-state index contributed by atoms with van der Waals surface area (Å²) in [5.74, 6) is 1.53. The molecule has 2 aliphatic heterocycles. The molecule has 2 aliphatic rings. The lowest BCUT2D eigenvalue weighted by molar-refractivity contribution is 0.0199. The predicted molar refractivity (Wildman–Crippen MR) is 228 cm³/mol. The molecule has 2 amide bonds. The standard InChI is InChI=1S/C44H58N8O5Si/c1-43(2,3)56-41(53)50-20-10-12-36(50)39-46-25-34(49-39)30-16-14-29(15-17-30)31-18-19-32-33(24-31)45-26-35(48-32)38-27-47-40(52(38)28-55-22-23-58(7,8)9)37-13-11-21-51(37)42(54)57-44(4,5)6/h14-19,24-27,36-37H,10-13,20-23,28H2,1-9H3,(H,46,49). The average molecular weight is 807 g/mol. The zero-order chi connectivity index (χ0) is 41.4. The summed E-state index contributed by atoms with van der Waals surface area (Å²) in [4.78, 5) is 52.7. The summed E-state index contributed by atoms with van der Waals surface area (Å²) in [6.45, 7) is 20.5. The van der Waals surface area contributed by atoms with Crippen LogP contribution in [0.2, 0.25) is 25.7 Å². The molecule has 0 saturated carbocycles. The molecule has 3 aromatic heterocycles. The van der Waals surface area contributed by atoms with Crippen molar-refractivity contribution >= 4 is 31.3 Å². The van der Waals surface area contributed by atoms with Crippen molar-refractivity contribution in [1.82, 2.24) is 39.3 Å². The number of aromatic nitrogens is 6. The summed E-state index contributed by atoms with van der Waals surface area (Å²) < 4.78 is 19.8. The maximum Gasteiger partial charge on any atom is 0.410 e. The van der Waals surface area contributed by atoms with Gasteiger partial charge in [-0.25, -0.2) is 24.5 Å². The number of aromatic amines is 1. The van der Waals surface area contributed by atoms with Crippen molar-refractivity contribution in [3.05, 3.63) is 72.7 Å². The zero-order valence-corrected chi connectivity index (χ0v) is 36.5. The Hall–Kier alpha value is -5.08. The van der Waals surface area contributed by atoms with Crippen molar-refractivity contribution in [3.63, 3.8) is 0 Å². The van der Waals surface area contributed by atoms with Crippen LogP contribution in [-0.4, -0.2) is 90.4 Å². The number of hydrogen-bond donors (Lipinski definition) is 1. The summed E-state index contributed by atoms with van der Waals surface area (Å²) >= 11 is 0. The molecule has 7 rings (SSSR count). The van der Waals surface area contributed by atoms with E-state index in [0.717, 1.165) is 82.5 Å². The minimum absolute atomic E-state index is 0.139. The lowest BCUT2D eigenvalue weighted by atomic mass is 10.0. The minimum atomic E-state index is -1.30. The molecule has 5 aromatic rings. The van der Waals surface area contributed by atoms with Gasteiger partial charge < -0.3 is 23.8 Å². The van der Waals surface area contributed by atoms with Crippen LogP contribution in [0, 0.1) is 0 Å². The van der Waals surface area contributed by atoms with Gasteiger partial charge in [0.1, 0.15) is 35.3 Å². The Labute approximate surface area is 342 Å². The van der Waals surface area contributed by atoms with Crippen LogP contribution in [0.1, 0.15) is 91.0 Å². The fraction of sp³-hybridized carbons (Fsp3) is 0.500. The molecule has 2 unspecified atom stereocenters. The third kappa shape index (κ3) is 9.61. The van der Waals surface area contributed by atoms with E-state index < -0.39 is 19.3 Å². The van der Waals surface area contributed by atoms with E-state index in [2.05, 4.69) is 70.6 Å². The van der Waals surface area contributed by atoms with Crippen LogP contribution < -0.4 is 0 Å². The van der Waals surface area contributed by atoms with Crippen LogP contribution in [0.25, 0.3) is 44.8 Å². The SMILES string of the molecule is CC(C)(C)OC(=O)N1CCCC1c1ncc(-c2ccc(-c3ccc4nc(-c5cnc(C6CCCN6C(=O)OC(C)(C)C)n5COCC[Si](C)(C)C)cnc4c3)cc2)[nH]1. The van der Waals surface area contributed by atoms with Crippen LogP contribution >= 0.6 is 0 Å². The Kier molecular flexibility index (Phi) is 11.5. The number of H-pyrrole nitrogens is 1. The molecule has 5 heterocycles. The van der Waals surface area contributed by atoms with Crippen LogP contribution in [0.15, 0.2) is 61.1 Å². The van der Waals surface area contributed by atoms with Gasteiger partial charge in [0.05, 0.1) is 53.1 Å². The van der Waals surface area contributed by atoms with E-state index in [0.29, 0.717) is 32.1 Å². The third-order valence-corrected chi connectivity index (χ3v) is 12.1. The number of imidazole rings is 2. The van der Waals surface area contributed by atoms with Crippen molar-refractivity contribution in [1.29, 1.82) is 0 Å². The quantitative estimate of drug-likeness (QED) is 0.108. The molecule has 0 bridgehead atoms. The first-order valence-corrected chi connectivity index (χ1v) is 24.2. The van der Waals surface area contributed by atoms with E-state index in [1.807, 2.05) is 60.0 Å². The number of likely N-dealkylation sites (tertiary alicyclic amines) is 2. The number of ether oxygens (including phenoxy) is 3. The first-order valence-electron chi connectivity index (χ1n) is 20.5. The second kappa shape index (κ2) is 16.3. The molecule has 0 aliphatic carbocycles. The normalized spacial score (nSPS) is 17.7. The number of nitrogens with one attached hydrogen (secondary N) is 1.